The zero-order valence-electron chi connectivity index (χ0n) is 11.3. The van der Waals surface area contributed by atoms with Crippen molar-refractivity contribution in [1.82, 2.24) is 9.97 Å². The van der Waals surface area contributed by atoms with Crippen LogP contribution in [-0.4, -0.2) is 16.0 Å². The van der Waals surface area contributed by atoms with E-state index in [1.165, 1.54) is 24.8 Å². The molecule has 3 N–H and O–H groups in total. The molecule has 0 bridgehead atoms. The fourth-order valence-electron chi connectivity index (χ4n) is 3.69. The van der Waals surface area contributed by atoms with E-state index in [9.17, 15) is 0 Å². The highest BCUT2D eigenvalue weighted by Crippen LogP contribution is 2.50. The minimum absolute atomic E-state index is 0.482. The molecule has 2 aliphatic rings. The van der Waals surface area contributed by atoms with E-state index in [0.29, 0.717) is 29.6 Å². The molecule has 20 heavy (non-hydrogen) atoms. The maximum absolute atomic E-state index is 5.70. The van der Waals surface area contributed by atoms with Crippen LogP contribution in [0, 0.1) is 5.92 Å². The van der Waals surface area contributed by atoms with Gasteiger partial charge >= 0.3 is 0 Å². The molecule has 2 aliphatic carbocycles. The number of fused-ring (bicyclic) bond motifs is 3. The predicted octanol–water partition coefficient (Wildman–Crippen LogP) is 2.59. The largest absolute Gasteiger partial charge is 0.384 e. The topological polar surface area (TPSA) is 63.8 Å². The molecule has 0 aliphatic heterocycles. The van der Waals surface area contributed by atoms with Crippen LogP contribution >= 0.6 is 0 Å². The average molecular weight is 266 g/mol. The van der Waals surface area contributed by atoms with Crippen molar-refractivity contribution >= 4 is 11.8 Å². The first-order chi connectivity index (χ1) is 9.81. The van der Waals surface area contributed by atoms with Gasteiger partial charge in [0.25, 0.3) is 0 Å². The SMILES string of the molecule is Nc1ccnc(NC2CC3c4ccccc4CCC23)n1. The molecule has 1 saturated carbocycles. The lowest BCUT2D eigenvalue weighted by molar-refractivity contribution is 0.194. The maximum Gasteiger partial charge on any atom is 0.224 e. The smallest absolute Gasteiger partial charge is 0.224 e. The summed E-state index contributed by atoms with van der Waals surface area (Å²) in [6.07, 6.45) is 5.31. The Balaban J connectivity index is 1.51. The summed E-state index contributed by atoms with van der Waals surface area (Å²) < 4.78 is 0. The van der Waals surface area contributed by atoms with Gasteiger partial charge in [0.05, 0.1) is 0 Å². The average Bonchev–Trinajstić information content (AvgIpc) is 2.44. The number of aryl methyl sites for hydroxylation is 1. The minimum Gasteiger partial charge on any atom is -0.384 e. The summed E-state index contributed by atoms with van der Waals surface area (Å²) in [5, 5.41) is 3.45. The van der Waals surface area contributed by atoms with Crippen LogP contribution in [-0.2, 0) is 6.42 Å². The van der Waals surface area contributed by atoms with Gasteiger partial charge < -0.3 is 11.1 Å². The van der Waals surface area contributed by atoms with Crippen LogP contribution in [0.15, 0.2) is 36.5 Å². The number of anilines is 2. The van der Waals surface area contributed by atoms with Crippen LogP contribution in [0.2, 0.25) is 0 Å². The molecule has 3 atom stereocenters. The molecule has 1 heterocycles. The molecule has 3 unspecified atom stereocenters. The molecule has 102 valence electrons. The fraction of sp³-hybridized carbons (Fsp3) is 0.375. The van der Waals surface area contributed by atoms with Crippen molar-refractivity contribution in [2.75, 3.05) is 11.1 Å². The number of nitrogens with two attached hydrogens (primary N) is 1. The van der Waals surface area contributed by atoms with Crippen molar-refractivity contribution in [2.45, 2.75) is 31.2 Å². The van der Waals surface area contributed by atoms with Crippen LogP contribution in [0.25, 0.3) is 0 Å². The number of hydrogen-bond donors (Lipinski definition) is 2. The quantitative estimate of drug-likeness (QED) is 0.877. The van der Waals surface area contributed by atoms with E-state index >= 15 is 0 Å². The molecule has 0 spiro atoms. The van der Waals surface area contributed by atoms with E-state index < -0.39 is 0 Å². The third-order valence-electron chi connectivity index (χ3n) is 4.73. The first-order valence-corrected chi connectivity index (χ1v) is 7.24. The molecule has 0 amide bonds. The monoisotopic (exact) mass is 266 g/mol. The Hall–Kier alpha value is -2.10. The number of nitrogens with zero attached hydrogens (tertiary/aromatic N) is 2. The summed E-state index contributed by atoms with van der Waals surface area (Å²) in [6, 6.07) is 11.1. The summed E-state index contributed by atoms with van der Waals surface area (Å²) in [6.45, 7) is 0. The Bertz CT molecular complexity index is 640. The number of nitrogens with one attached hydrogen (secondary N) is 1. The normalized spacial score (nSPS) is 27.1. The lowest BCUT2D eigenvalue weighted by Gasteiger charge is -2.48. The van der Waals surface area contributed by atoms with Gasteiger partial charge in [0, 0.05) is 12.2 Å². The molecule has 1 fully saturated rings. The van der Waals surface area contributed by atoms with Crippen LogP contribution in [0.3, 0.4) is 0 Å². The number of rotatable bonds is 2. The number of nitrogen functional groups attached to an aromatic ring is 1. The van der Waals surface area contributed by atoms with Gasteiger partial charge in [-0.3, -0.25) is 0 Å². The van der Waals surface area contributed by atoms with Crippen LogP contribution < -0.4 is 11.1 Å². The first-order valence-electron chi connectivity index (χ1n) is 7.24. The van der Waals surface area contributed by atoms with Gasteiger partial charge in [-0.15, -0.1) is 0 Å². The van der Waals surface area contributed by atoms with Crippen molar-refractivity contribution in [1.29, 1.82) is 0 Å². The third-order valence-corrected chi connectivity index (χ3v) is 4.73. The van der Waals surface area contributed by atoms with Gasteiger partial charge in [0.2, 0.25) is 5.95 Å². The van der Waals surface area contributed by atoms with Crippen LogP contribution in [0.5, 0.6) is 0 Å². The summed E-state index contributed by atoms with van der Waals surface area (Å²) in [5.41, 5.74) is 8.78. The Labute approximate surface area is 118 Å². The van der Waals surface area contributed by atoms with Gasteiger partial charge in [0.15, 0.2) is 0 Å². The summed E-state index contributed by atoms with van der Waals surface area (Å²) in [5.74, 6) is 2.59. The standard InChI is InChI=1S/C16H18N4/c17-15-7-8-18-16(20-15)19-14-9-13-11-4-2-1-3-10(11)5-6-12(13)14/h1-4,7-8,12-14H,5-6,9H2,(H3,17,18,19,20). The molecular formula is C16H18N4. The lowest BCUT2D eigenvalue weighted by Crippen LogP contribution is -2.47. The highest BCUT2D eigenvalue weighted by Gasteiger charge is 2.44. The van der Waals surface area contributed by atoms with E-state index in [2.05, 4.69) is 39.6 Å². The second kappa shape index (κ2) is 4.47. The van der Waals surface area contributed by atoms with Crippen molar-refractivity contribution in [2.24, 2.45) is 5.92 Å². The molecule has 4 heteroatoms. The Morgan fingerprint density at radius 2 is 2.10 bits per heavy atom. The van der Waals surface area contributed by atoms with E-state index in [4.69, 9.17) is 5.73 Å². The number of hydrogen-bond acceptors (Lipinski definition) is 4. The first kappa shape index (κ1) is 11.7. The molecule has 4 nitrogen and oxygen atoms in total. The Morgan fingerprint density at radius 1 is 1.20 bits per heavy atom. The second-order valence-corrected chi connectivity index (χ2v) is 5.80. The molecule has 4 rings (SSSR count). The number of aromatic nitrogens is 2. The summed E-state index contributed by atoms with van der Waals surface area (Å²) >= 11 is 0. The van der Waals surface area contributed by atoms with Crippen molar-refractivity contribution in [3.8, 4) is 0 Å². The van der Waals surface area contributed by atoms with Crippen molar-refractivity contribution < 1.29 is 0 Å². The molecule has 2 aromatic rings. The van der Waals surface area contributed by atoms with Crippen LogP contribution in [0.4, 0.5) is 11.8 Å². The lowest BCUT2D eigenvalue weighted by atomic mass is 9.60. The Kier molecular flexibility index (Phi) is 2.62. The maximum atomic E-state index is 5.70. The third kappa shape index (κ3) is 1.83. The molecule has 0 saturated heterocycles. The molecule has 1 aromatic heterocycles. The second-order valence-electron chi connectivity index (χ2n) is 5.80. The minimum atomic E-state index is 0.482. The fourth-order valence-corrected chi connectivity index (χ4v) is 3.69. The Morgan fingerprint density at radius 3 is 3.00 bits per heavy atom. The van der Waals surface area contributed by atoms with Crippen molar-refractivity contribution in [3.05, 3.63) is 47.7 Å². The summed E-state index contributed by atoms with van der Waals surface area (Å²) in [7, 11) is 0. The van der Waals surface area contributed by atoms with Crippen LogP contribution in [0.1, 0.15) is 29.9 Å². The zero-order chi connectivity index (χ0) is 13.5. The van der Waals surface area contributed by atoms with Crippen molar-refractivity contribution in [3.63, 3.8) is 0 Å². The molecule has 1 aromatic carbocycles. The van der Waals surface area contributed by atoms with E-state index in [1.54, 1.807) is 17.8 Å². The van der Waals surface area contributed by atoms with Gasteiger partial charge in [-0.2, -0.15) is 4.98 Å². The number of benzene rings is 1. The van der Waals surface area contributed by atoms with E-state index in [1.807, 2.05) is 0 Å². The summed E-state index contributed by atoms with van der Waals surface area (Å²) in [4.78, 5) is 8.47. The molecular weight excluding hydrogens is 248 g/mol. The molecule has 0 radical (unpaired) electrons. The van der Waals surface area contributed by atoms with Gasteiger partial charge in [-0.1, -0.05) is 24.3 Å². The van der Waals surface area contributed by atoms with E-state index in [-0.39, 0.29) is 0 Å². The van der Waals surface area contributed by atoms with E-state index in [0.717, 1.165) is 0 Å². The highest BCUT2D eigenvalue weighted by molar-refractivity contribution is 5.41. The van der Waals surface area contributed by atoms with Gasteiger partial charge in [-0.25, -0.2) is 4.98 Å². The predicted molar refractivity (Wildman–Crippen MR) is 79.5 cm³/mol. The zero-order valence-corrected chi connectivity index (χ0v) is 11.3. The van der Waals surface area contributed by atoms with Gasteiger partial charge in [0.1, 0.15) is 5.82 Å². The highest BCUT2D eigenvalue weighted by atomic mass is 15.1. The van der Waals surface area contributed by atoms with Gasteiger partial charge in [-0.05, 0) is 48.3 Å².